The van der Waals surface area contributed by atoms with Gasteiger partial charge >= 0.3 is 0 Å². The van der Waals surface area contributed by atoms with Gasteiger partial charge in [-0.2, -0.15) is 0 Å². The van der Waals surface area contributed by atoms with E-state index in [0.717, 1.165) is 21.2 Å². The summed E-state index contributed by atoms with van der Waals surface area (Å²) in [6.45, 7) is 3.89. The number of anilines is 1. The summed E-state index contributed by atoms with van der Waals surface area (Å²) in [4.78, 5) is 17.2. The van der Waals surface area contributed by atoms with E-state index in [0.29, 0.717) is 34.0 Å². The topological polar surface area (TPSA) is 76.4 Å². The van der Waals surface area contributed by atoms with Gasteiger partial charge < -0.3 is 14.5 Å². The number of fused-ring (bicyclic) bond motifs is 1. The van der Waals surface area contributed by atoms with Crippen molar-refractivity contribution in [2.24, 2.45) is 0 Å². The predicted molar refractivity (Wildman–Crippen MR) is 133 cm³/mol. The van der Waals surface area contributed by atoms with Gasteiger partial charge in [0.15, 0.2) is 10.7 Å². The number of amides is 1. The molecule has 0 saturated carbocycles. The van der Waals surface area contributed by atoms with Crippen molar-refractivity contribution in [1.29, 1.82) is 0 Å². The van der Waals surface area contributed by atoms with Crippen molar-refractivity contribution in [3.8, 4) is 17.2 Å². The third kappa shape index (κ3) is 4.51. The number of nitrogens with one attached hydrogen (secondary N) is 2. The van der Waals surface area contributed by atoms with Crippen molar-refractivity contribution in [3.05, 3.63) is 75.8 Å². The fraction of sp³-hybridized carbons (Fsp3) is 0.125. The van der Waals surface area contributed by atoms with Crippen molar-refractivity contribution in [2.45, 2.75) is 13.8 Å². The van der Waals surface area contributed by atoms with Gasteiger partial charge in [0.2, 0.25) is 5.89 Å². The molecule has 0 atom stereocenters. The molecule has 0 aliphatic carbocycles. The second-order valence-electron chi connectivity index (χ2n) is 7.23. The molecule has 8 heteroatoms. The lowest BCUT2D eigenvalue weighted by Gasteiger charge is -2.13. The average Bonchev–Trinajstić information content (AvgIpc) is 3.18. The third-order valence-electron chi connectivity index (χ3n) is 4.94. The van der Waals surface area contributed by atoms with Gasteiger partial charge in [0.05, 0.1) is 12.7 Å². The van der Waals surface area contributed by atoms with Crippen LogP contribution in [0.5, 0.6) is 5.75 Å². The van der Waals surface area contributed by atoms with Crippen molar-refractivity contribution in [3.63, 3.8) is 0 Å². The minimum atomic E-state index is -0.349. The van der Waals surface area contributed by atoms with Crippen LogP contribution < -0.4 is 15.4 Å². The Morgan fingerprint density at radius 1 is 1.09 bits per heavy atom. The third-order valence-corrected chi connectivity index (χ3v) is 6.03. The summed E-state index contributed by atoms with van der Waals surface area (Å²) in [7, 11) is 1.53. The highest BCUT2D eigenvalue weighted by atomic mass is 79.9. The van der Waals surface area contributed by atoms with E-state index in [1.54, 1.807) is 12.1 Å². The fourth-order valence-corrected chi connectivity index (χ4v) is 3.80. The summed E-state index contributed by atoms with van der Waals surface area (Å²) in [5, 5.41) is 5.89. The first kappa shape index (κ1) is 22.0. The number of halogens is 1. The molecule has 1 amide bonds. The Hall–Kier alpha value is -3.23. The summed E-state index contributed by atoms with van der Waals surface area (Å²) >= 11 is 8.83. The van der Waals surface area contributed by atoms with E-state index >= 15 is 0 Å². The molecule has 0 radical (unpaired) electrons. The molecule has 2 N–H and O–H groups in total. The van der Waals surface area contributed by atoms with Crippen molar-refractivity contribution < 1.29 is 13.9 Å². The van der Waals surface area contributed by atoms with Crippen LogP contribution in [-0.2, 0) is 0 Å². The lowest BCUT2D eigenvalue weighted by Crippen LogP contribution is -2.34. The molecule has 0 aliphatic rings. The Morgan fingerprint density at radius 3 is 2.66 bits per heavy atom. The van der Waals surface area contributed by atoms with Gasteiger partial charge in [-0.25, -0.2) is 4.98 Å². The quantitative estimate of drug-likeness (QED) is 0.328. The smallest absolute Gasteiger partial charge is 0.261 e. The van der Waals surface area contributed by atoms with Crippen LogP contribution in [0.25, 0.3) is 22.6 Å². The number of carbonyl (C=O) groups is 1. The number of nitrogens with zero attached hydrogens (tertiary/aromatic N) is 1. The van der Waals surface area contributed by atoms with Crippen LogP contribution in [-0.4, -0.2) is 23.1 Å². The highest BCUT2D eigenvalue weighted by Crippen LogP contribution is 2.29. The van der Waals surface area contributed by atoms with Crippen LogP contribution >= 0.6 is 28.1 Å². The maximum absolute atomic E-state index is 12.7. The zero-order chi connectivity index (χ0) is 22.8. The zero-order valence-corrected chi connectivity index (χ0v) is 20.1. The molecule has 1 heterocycles. The number of benzene rings is 3. The van der Waals surface area contributed by atoms with Crippen molar-refractivity contribution >= 4 is 56.0 Å². The van der Waals surface area contributed by atoms with E-state index < -0.39 is 0 Å². The monoisotopic (exact) mass is 509 g/mol. The molecule has 0 unspecified atom stereocenters. The Labute approximate surface area is 199 Å². The largest absolute Gasteiger partial charge is 0.496 e. The van der Waals surface area contributed by atoms with Crippen LogP contribution in [0.2, 0.25) is 0 Å². The number of hydrogen-bond donors (Lipinski definition) is 2. The fourth-order valence-electron chi connectivity index (χ4n) is 3.34. The summed E-state index contributed by atoms with van der Waals surface area (Å²) in [5.74, 6) is 0.709. The molecule has 6 nitrogen and oxygen atoms in total. The first-order chi connectivity index (χ1) is 15.4. The molecule has 0 aliphatic heterocycles. The van der Waals surface area contributed by atoms with Crippen LogP contribution in [0.3, 0.4) is 0 Å². The second-order valence-corrected chi connectivity index (χ2v) is 8.49. The Balaban J connectivity index is 1.50. The van der Waals surface area contributed by atoms with Gasteiger partial charge in [-0.3, -0.25) is 10.1 Å². The first-order valence-corrected chi connectivity index (χ1v) is 11.0. The van der Waals surface area contributed by atoms with Gasteiger partial charge in [0.25, 0.3) is 5.91 Å². The minimum absolute atomic E-state index is 0.171. The van der Waals surface area contributed by atoms with Gasteiger partial charge in [-0.15, -0.1) is 0 Å². The number of oxazole rings is 1. The number of para-hydroxylation sites is 1. The summed E-state index contributed by atoms with van der Waals surface area (Å²) in [5.41, 5.74) is 5.30. The molecule has 4 rings (SSSR count). The van der Waals surface area contributed by atoms with E-state index in [1.807, 2.05) is 56.3 Å². The molecule has 0 bridgehead atoms. The van der Waals surface area contributed by atoms with Crippen molar-refractivity contribution in [1.82, 2.24) is 10.3 Å². The van der Waals surface area contributed by atoms with E-state index in [9.17, 15) is 4.79 Å². The lowest BCUT2D eigenvalue weighted by atomic mass is 10.1. The average molecular weight is 510 g/mol. The van der Waals surface area contributed by atoms with Gasteiger partial charge in [0.1, 0.15) is 11.3 Å². The predicted octanol–water partition coefficient (Wildman–Crippen LogP) is 6.01. The maximum Gasteiger partial charge on any atom is 0.261 e. The van der Waals surface area contributed by atoms with Crippen LogP contribution in [0.15, 0.2) is 63.5 Å². The Bertz CT molecular complexity index is 1350. The van der Waals surface area contributed by atoms with E-state index in [-0.39, 0.29) is 11.0 Å². The highest BCUT2D eigenvalue weighted by molar-refractivity contribution is 9.10. The standard InChI is InChI=1S/C24H20BrN3O3S/c1-13-5-4-6-17(21(13)30-3)22(29)28-24(32)26-16-8-10-20-19(12-16)27-23(31-20)15-7-9-18(25)14(2)11-15/h4-12H,1-3H3,(H2,26,28,29,32). The van der Waals surface area contributed by atoms with Crippen LogP contribution in [0.4, 0.5) is 5.69 Å². The zero-order valence-electron chi connectivity index (χ0n) is 17.7. The summed E-state index contributed by atoms with van der Waals surface area (Å²) in [6.07, 6.45) is 0. The number of hydrogen-bond acceptors (Lipinski definition) is 5. The molecule has 1 aromatic heterocycles. The Morgan fingerprint density at radius 2 is 1.91 bits per heavy atom. The molecule has 0 spiro atoms. The van der Waals surface area contributed by atoms with Crippen LogP contribution in [0, 0.1) is 13.8 Å². The number of carbonyl (C=O) groups excluding carboxylic acids is 1. The SMILES string of the molecule is COc1c(C)cccc1C(=O)NC(=S)Nc1ccc2oc(-c3ccc(Br)c(C)c3)nc2c1. The lowest BCUT2D eigenvalue weighted by molar-refractivity contribution is 0.0974. The Kier molecular flexibility index (Phi) is 6.25. The molecular formula is C24H20BrN3O3S. The maximum atomic E-state index is 12.7. The van der Waals surface area contributed by atoms with Gasteiger partial charge in [-0.05, 0) is 79.7 Å². The van der Waals surface area contributed by atoms with E-state index in [2.05, 4.69) is 31.5 Å². The molecule has 32 heavy (non-hydrogen) atoms. The molecular weight excluding hydrogens is 490 g/mol. The number of methoxy groups -OCH3 is 1. The molecule has 0 saturated heterocycles. The number of aromatic nitrogens is 1. The normalized spacial score (nSPS) is 10.8. The molecule has 4 aromatic rings. The highest BCUT2D eigenvalue weighted by Gasteiger charge is 2.16. The molecule has 0 fully saturated rings. The van der Waals surface area contributed by atoms with Crippen LogP contribution in [0.1, 0.15) is 21.5 Å². The van der Waals surface area contributed by atoms with E-state index in [1.165, 1.54) is 7.11 Å². The minimum Gasteiger partial charge on any atom is -0.496 e. The van der Waals surface area contributed by atoms with Gasteiger partial charge in [-0.1, -0.05) is 28.1 Å². The number of rotatable bonds is 4. The summed E-state index contributed by atoms with van der Waals surface area (Å²) in [6, 6.07) is 16.7. The molecule has 3 aromatic carbocycles. The second kappa shape index (κ2) is 9.10. The van der Waals surface area contributed by atoms with Gasteiger partial charge in [0, 0.05) is 15.7 Å². The number of aryl methyl sites for hydroxylation is 2. The molecule has 162 valence electrons. The first-order valence-electron chi connectivity index (χ1n) is 9.79. The number of thiocarbonyl (C=S) groups is 1. The summed E-state index contributed by atoms with van der Waals surface area (Å²) < 4.78 is 12.3. The number of ether oxygens (including phenoxy) is 1. The van der Waals surface area contributed by atoms with Crippen molar-refractivity contribution in [2.75, 3.05) is 12.4 Å². The van der Waals surface area contributed by atoms with E-state index in [4.69, 9.17) is 21.4 Å².